The number of aromatic amines is 1. The average molecular weight is 610 g/mol. The highest BCUT2D eigenvalue weighted by Crippen LogP contribution is 2.54. The maximum Gasteiger partial charge on any atom is 0.344 e. The van der Waals surface area contributed by atoms with E-state index in [1.54, 1.807) is 49.4 Å². The van der Waals surface area contributed by atoms with Gasteiger partial charge in [0.2, 0.25) is 11.8 Å². The fourth-order valence-corrected chi connectivity index (χ4v) is 7.44. The van der Waals surface area contributed by atoms with Gasteiger partial charge < -0.3 is 14.5 Å². The Hall–Kier alpha value is -2.60. The number of thiazole rings is 1. The number of hydrogen-bond acceptors (Lipinski definition) is 8. The van der Waals surface area contributed by atoms with E-state index in [0.29, 0.717) is 36.4 Å². The van der Waals surface area contributed by atoms with Gasteiger partial charge in [0.1, 0.15) is 11.0 Å². The van der Waals surface area contributed by atoms with Crippen LogP contribution in [0.4, 0.5) is 5.69 Å². The highest BCUT2D eigenvalue weighted by atomic mass is 79.9. The summed E-state index contributed by atoms with van der Waals surface area (Å²) in [5.41, 5.74) is 1.01. The van der Waals surface area contributed by atoms with Crippen molar-refractivity contribution in [2.45, 2.75) is 23.1 Å². The maximum absolute atomic E-state index is 13.8. The fourth-order valence-electron chi connectivity index (χ4n) is 4.43. The third kappa shape index (κ3) is 4.49. The molecule has 36 heavy (non-hydrogen) atoms. The highest BCUT2D eigenvalue weighted by Gasteiger charge is 2.56. The number of fused-ring (bicyclic) bond motifs is 2. The summed E-state index contributed by atoms with van der Waals surface area (Å²) < 4.78 is 11.5. The number of nitrogens with zero attached hydrogens (tertiary/aromatic N) is 1. The summed E-state index contributed by atoms with van der Waals surface area (Å²) >= 11 is 11.7. The zero-order valence-corrected chi connectivity index (χ0v) is 22.6. The largest absolute Gasteiger partial charge is 0.482 e. The van der Waals surface area contributed by atoms with Crippen molar-refractivity contribution in [3.63, 3.8) is 0 Å². The molecule has 1 N–H and O–H groups in total. The first-order valence-corrected chi connectivity index (χ1v) is 13.8. The summed E-state index contributed by atoms with van der Waals surface area (Å²) in [6, 6.07) is 11.7. The number of benzene rings is 2. The minimum Gasteiger partial charge on any atom is -0.482 e. The van der Waals surface area contributed by atoms with Crippen LogP contribution in [0.15, 0.2) is 56.8 Å². The van der Waals surface area contributed by atoms with E-state index in [-0.39, 0.29) is 29.9 Å². The lowest BCUT2D eigenvalue weighted by Crippen LogP contribution is -2.32. The summed E-state index contributed by atoms with van der Waals surface area (Å²) in [6.45, 7) is 1.60. The molecule has 0 saturated carbocycles. The first-order chi connectivity index (χ1) is 17.3. The Morgan fingerprint density at radius 1 is 1.14 bits per heavy atom. The van der Waals surface area contributed by atoms with E-state index in [4.69, 9.17) is 21.1 Å². The van der Waals surface area contributed by atoms with Gasteiger partial charge in [0, 0.05) is 25.9 Å². The van der Waals surface area contributed by atoms with Crippen molar-refractivity contribution in [3.8, 4) is 5.75 Å². The van der Waals surface area contributed by atoms with Gasteiger partial charge in [-0.25, -0.2) is 9.69 Å². The second kappa shape index (κ2) is 10.0. The van der Waals surface area contributed by atoms with E-state index in [1.807, 2.05) is 0 Å². The van der Waals surface area contributed by atoms with Gasteiger partial charge in [-0.1, -0.05) is 50.6 Å². The van der Waals surface area contributed by atoms with Crippen molar-refractivity contribution in [2.75, 3.05) is 18.1 Å². The summed E-state index contributed by atoms with van der Waals surface area (Å²) in [5, 5.41) is 0.277. The normalized spacial score (nSPS) is 20.8. The van der Waals surface area contributed by atoms with E-state index < -0.39 is 23.1 Å². The minimum atomic E-state index is -0.795. The molecule has 8 nitrogen and oxygen atoms in total. The Kier molecular flexibility index (Phi) is 6.99. The van der Waals surface area contributed by atoms with Crippen molar-refractivity contribution >= 4 is 74.1 Å². The minimum absolute atomic E-state index is 0.219. The molecule has 2 aliphatic rings. The monoisotopic (exact) mass is 608 g/mol. The number of amides is 2. The number of esters is 1. The number of thioether (sulfide) groups is 1. The van der Waals surface area contributed by atoms with Gasteiger partial charge in [-0.05, 0) is 49.4 Å². The smallest absolute Gasteiger partial charge is 0.344 e. The molecular formula is C24H18BrClN2O6S2. The molecule has 186 valence electrons. The van der Waals surface area contributed by atoms with Crippen LogP contribution in [-0.4, -0.2) is 41.2 Å². The fraction of sp³-hybridized carbons (Fsp3) is 0.250. The summed E-state index contributed by atoms with van der Waals surface area (Å²) in [5.74, 6) is -2.37. The van der Waals surface area contributed by atoms with Crippen molar-refractivity contribution in [1.29, 1.82) is 0 Å². The lowest BCUT2D eigenvalue weighted by Gasteiger charge is -2.31. The lowest BCUT2D eigenvalue weighted by molar-refractivity contribution is -0.145. The number of hydrogen-bond donors (Lipinski definition) is 1. The SMILES string of the molecule is CCOC(=O)COc1ccc(Br)cc1[C@@H]1c2sc(=O)[nH]c2S[C@H]2C(=O)N(c3ccc(Cl)cc3)C(=O)[C@@H]12. The molecule has 3 aromatic rings. The second-order valence-electron chi connectivity index (χ2n) is 8.01. The summed E-state index contributed by atoms with van der Waals surface area (Å²) in [6.07, 6.45) is 0. The Bertz CT molecular complexity index is 1420. The van der Waals surface area contributed by atoms with Crippen LogP contribution in [0, 0.1) is 5.92 Å². The Morgan fingerprint density at radius 3 is 2.61 bits per heavy atom. The van der Waals surface area contributed by atoms with E-state index in [0.717, 1.165) is 11.3 Å². The summed E-state index contributed by atoms with van der Waals surface area (Å²) in [7, 11) is 0. The Morgan fingerprint density at radius 2 is 1.89 bits per heavy atom. The van der Waals surface area contributed by atoms with Gasteiger partial charge in [-0.2, -0.15) is 0 Å². The van der Waals surface area contributed by atoms with Crippen LogP contribution in [0.5, 0.6) is 5.75 Å². The molecule has 2 amide bonds. The van der Waals surface area contributed by atoms with Crippen LogP contribution < -0.4 is 14.5 Å². The molecular weight excluding hydrogens is 592 g/mol. The average Bonchev–Trinajstić information content (AvgIpc) is 3.33. The van der Waals surface area contributed by atoms with E-state index >= 15 is 0 Å². The molecule has 12 heteroatoms. The first-order valence-electron chi connectivity index (χ1n) is 10.9. The number of ether oxygens (including phenoxy) is 2. The van der Waals surface area contributed by atoms with Gasteiger partial charge in [0.25, 0.3) is 0 Å². The molecule has 0 aliphatic carbocycles. The molecule has 0 radical (unpaired) electrons. The van der Waals surface area contributed by atoms with Crippen molar-refractivity contribution in [3.05, 3.63) is 72.1 Å². The van der Waals surface area contributed by atoms with Crippen LogP contribution >= 0.6 is 50.6 Å². The number of rotatable bonds is 6. The van der Waals surface area contributed by atoms with Gasteiger partial charge in [-0.15, -0.1) is 0 Å². The number of H-pyrrole nitrogens is 1. The van der Waals surface area contributed by atoms with Crippen molar-refractivity contribution < 1.29 is 23.9 Å². The van der Waals surface area contributed by atoms with Gasteiger partial charge in [-0.3, -0.25) is 14.4 Å². The van der Waals surface area contributed by atoms with Crippen LogP contribution in [0.3, 0.4) is 0 Å². The van der Waals surface area contributed by atoms with Gasteiger partial charge >= 0.3 is 10.8 Å². The molecule has 1 aromatic heterocycles. The molecule has 3 heterocycles. The van der Waals surface area contributed by atoms with E-state index in [1.165, 1.54) is 16.7 Å². The first kappa shape index (κ1) is 25.1. The van der Waals surface area contributed by atoms with E-state index in [9.17, 15) is 19.2 Å². The van der Waals surface area contributed by atoms with Crippen LogP contribution in [-0.2, 0) is 19.1 Å². The Balaban J connectivity index is 1.61. The molecule has 2 aromatic carbocycles. The van der Waals surface area contributed by atoms with E-state index in [2.05, 4.69) is 20.9 Å². The predicted octanol–water partition coefficient (Wildman–Crippen LogP) is 4.59. The number of imide groups is 1. The number of carbonyl (C=O) groups excluding carboxylic acids is 3. The van der Waals surface area contributed by atoms with Crippen LogP contribution in [0.1, 0.15) is 23.3 Å². The zero-order valence-electron chi connectivity index (χ0n) is 18.7. The van der Waals surface area contributed by atoms with Crippen LogP contribution in [0.25, 0.3) is 0 Å². The number of anilines is 1. The molecule has 3 atom stereocenters. The Labute approximate surface area is 227 Å². The standard InChI is InChI=1S/C24H18BrClN2O6S2/c1-2-33-16(29)10-34-15-8-3-11(25)9-14(15)17-18-20(35-21-19(17)36-24(32)27-21)23(31)28(22(18)30)13-6-4-12(26)5-7-13/h3-9,17-18,20H,2,10H2,1H3,(H,27,32)/t17-,18-,20+/m0/s1. The summed E-state index contributed by atoms with van der Waals surface area (Å²) in [4.78, 5) is 56.0. The number of aromatic nitrogens is 1. The van der Waals surface area contributed by atoms with Gasteiger partial charge in [0.15, 0.2) is 6.61 Å². The topological polar surface area (TPSA) is 106 Å². The van der Waals surface area contributed by atoms with Crippen LogP contribution in [0.2, 0.25) is 5.02 Å². The molecule has 5 rings (SSSR count). The maximum atomic E-state index is 13.8. The molecule has 1 fully saturated rings. The quantitative estimate of drug-likeness (QED) is 0.322. The predicted molar refractivity (Wildman–Crippen MR) is 140 cm³/mol. The highest BCUT2D eigenvalue weighted by molar-refractivity contribution is 9.10. The number of nitrogens with one attached hydrogen (secondary N) is 1. The lowest BCUT2D eigenvalue weighted by atomic mass is 9.82. The number of carbonyl (C=O) groups is 3. The zero-order chi connectivity index (χ0) is 25.6. The molecule has 2 aliphatic heterocycles. The number of halogens is 2. The molecule has 0 spiro atoms. The van der Waals surface area contributed by atoms with Crippen molar-refractivity contribution in [1.82, 2.24) is 4.98 Å². The third-order valence-electron chi connectivity index (χ3n) is 5.87. The molecule has 0 unspecified atom stereocenters. The molecule has 0 bridgehead atoms. The third-order valence-corrected chi connectivity index (χ3v) is 9.01. The molecule has 1 saturated heterocycles. The van der Waals surface area contributed by atoms with Crippen molar-refractivity contribution in [2.24, 2.45) is 5.92 Å². The van der Waals surface area contributed by atoms with Gasteiger partial charge in [0.05, 0.1) is 23.2 Å². The second-order valence-corrected chi connectivity index (χ2v) is 11.5.